The van der Waals surface area contributed by atoms with Crippen LogP contribution in [0.25, 0.3) is 0 Å². The summed E-state index contributed by atoms with van der Waals surface area (Å²) in [6.07, 6.45) is 3.65. The Kier molecular flexibility index (Phi) is 4.97. The molecule has 0 unspecified atom stereocenters. The molecule has 1 heterocycles. The van der Waals surface area contributed by atoms with E-state index in [0.29, 0.717) is 6.54 Å². The first kappa shape index (κ1) is 10.0. The van der Waals surface area contributed by atoms with E-state index >= 15 is 0 Å². The van der Waals surface area contributed by atoms with Crippen LogP contribution in [0.2, 0.25) is 0 Å². The summed E-state index contributed by atoms with van der Waals surface area (Å²) in [5.74, 6) is 0. The van der Waals surface area contributed by atoms with Crippen molar-refractivity contribution in [2.75, 3.05) is 19.6 Å². The molecule has 0 fully saturated rings. The van der Waals surface area contributed by atoms with Gasteiger partial charge in [0.25, 0.3) is 0 Å². The Labute approximate surface area is 77.7 Å². The summed E-state index contributed by atoms with van der Waals surface area (Å²) in [4.78, 5) is 0. The average molecular weight is 181 g/mol. The molecule has 0 radical (unpaired) electrons. The van der Waals surface area contributed by atoms with Gasteiger partial charge >= 0.3 is 0 Å². The molecule has 0 aromatic carbocycles. The van der Waals surface area contributed by atoms with Crippen LogP contribution in [0.5, 0.6) is 0 Å². The SMILES string of the molecule is NCCNCCCc1ccnnn1. The van der Waals surface area contributed by atoms with Crippen molar-refractivity contribution < 1.29 is 0 Å². The molecular formula is C8H15N5. The van der Waals surface area contributed by atoms with Crippen molar-refractivity contribution in [3.63, 3.8) is 0 Å². The molecule has 3 N–H and O–H groups in total. The number of nitrogens with zero attached hydrogens (tertiary/aromatic N) is 3. The molecule has 0 aliphatic rings. The van der Waals surface area contributed by atoms with Crippen LogP contribution in [0, 0.1) is 0 Å². The van der Waals surface area contributed by atoms with E-state index in [-0.39, 0.29) is 0 Å². The van der Waals surface area contributed by atoms with Crippen molar-refractivity contribution in [2.45, 2.75) is 12.8 Å². The number of nitrogens with one attached hydrogen (secondary N) is 1. The standard InChI is InChI=1S/C8H15N5/c9-4-7-10-5-1-2-8-3-6-11-13-12-8/h3,6,10H,1-2,4-5,7,9H2. The number of hydrogen-bond donors (Lipinski definition) is 2. The number of nitrogens with two attached hydrogens (primary N) is 1. The highest BCUT2D eigenvalue weighted by Gasteiger charge is 1.93. The van der Waals surface area contributed by atoms with Crippen LogP contribution in [-0.2, 0) is 6.42 Å². The van der Waals surface area contributed by atoms with E-state index < -0.39 is 0 Å². The number of aryl methyl sites for hydroxylation is 1. The zero-order valence-corrected chi connectivity index (χ0v) is 7.61. The van der Waals surface area contributed by atoms with Crippen LogP contribution >= 0.6 is 0 Å². The summed E-state index contributed by atoms with van der Waals surface area (Å²) in [6.45, 7) is 2.54. The van der Waals surface area contributed by atoms with Gasteiger partial charge < -0.3 is 11.1 Å². The second kappa shape index (κ2) is 6.45. The molecule has 0 aliphatic heterocycles. The van der Waals surface area contributed by atoms with Gasteiger partial charge in [0.1, 0.15) is 0 Å². The molecular weight excluding hydrogens is 166 g/mol. The minimum Gasteiger partial charge on any atom is -0.329 e. The van der Waals surface area contributed by atoms with Crippen LogP contribution in [0.15, 0.2) is 12.3 Å². The van der Waals surface area contributed by atoms with Gasteiger partial charge in [0.2, 0.25) is 0 Å². The second-order valence-corrected chi connectivity index (χ2v) is 2.75. The lowest BCUT2D eigenvalue weighted by Gasteiger charge is -2.01. The molecule has 0 saturated carbocycles. The molecule has 5 nitrogen and oxygen atoms in total. The fraction of sp³-hybridized carbons (Fsp3) is 0.625. The van der Waals surface area contributed by atoms with Gasteiger partial charge in [0, 0.05) is 13.1 Å². The predicted octanol–water partition coefficient (Wildman–Crippen LogP) is -0.648. The summed E-state index contributed by atoms with van der Waals surface area (Å²) >= 11 is 0. The smallest absolute Gasteiger partial charge is 0.0665 e. The lowest BCUT2D eigenvalue weighted by Crippen LogP contribution is -2.23. The molecule has 0 bridgehead atoms. The minimum absolute atomic E-state index is 0.690. The van der Waals surface area contributed by atoms with E-state index in [1.165, 1.54) is 0 Å². The van der Waals surface area contributed by atoms with Gasteiger partial charge in [-0.05, 0) is 30.7 Å². The highest BCUT2D eigenvalue weighted by Crippen LogP contribution is 1.93. The molecule has 13 heavy (non-hydrogen) atoms. The minimum atomic E-state index is 0.690. The van der Waals surface area contributed by atoms with Gasteiger partial charge in [0.15, 0.2) is 0 Å². The van der Waals surface area contributed by atoms with E-state index in [2.05, 4.69) is 20.7 Å². The molecule has 0 aliphatic carbocycles. The Balaban J connectivity index is 2.07. The maximum Gasteiger partial charge on any atom is 0.0665 e. The Hall–Kier alpha value is -1.07. The third kappa shape index (κ3) is 4.49. The molecule has 1 aromatic rings. The first-order valence-electron chi connectivity index (χ1n) is 4.47. The third-order valence-corrected chi connectivity index (χ3v) is 1.67. The van der Waals surface area contributed by atoms with Crippen LogP contribution in [0.4, 0.5) is 0 Å². The summed E-state index contributed by atoms with van der Waals surface area (Å²) in [6, 6.07) is 1.88. The van der Waals surface area contributed by atoms with Gasteiger partial charge in [-0.3, -0.25) is 0 Å². The van der Waals surface area contributed by atoms with E-state index in [1.807, 2.05) is 6.07 Å². The van der Waals surface area contributed by atoms with Crippen LogP contribution in [0.1, 0.15) is 12.1 Å². The third-order valence-electron chi connectivity index (χ3n) is 1.67. The molecule has 0 atom stereocenters. The van der Waals surface area contributed by atoms with Crippen molar-refractivity contribution in [3.8, 4) is 0 Å². The Bertz CT molecular complexity index is 213. The zero-order valence-electron chi connectivity index (χ0n) is 7.61. The molecule has 1 rings (SSSR count). The fourth-order valence-corrected chi connectivity index (χ4v) is 1.02. The lowest BCUT2D eigenvalue weighted by molar-refractivity contribution is 0.642. The Morgan fingerprint density at radius 3 is 3.00 bits per heavy atom. The lowest BCUT2D eigenvalue weighted by atomic mass is 10.2. The first-order chi connectivity index (χ1) is 6.43. The van der Waals surface area contributed by atoms with E-state index in [0.717, 1.165) is 31.6 Å². The van der Waals surface area contributed by atoms with Gasteiger partial charge in [-0.1, -0.05) is 0 Å². The first-order valence-corrected chi connectivity index (χ1v) is 4.47. The zero-order chi connectivity index (χ0) is 9.36. The average Bonchev–Trinajstić information content (AvgIpc) is 2.19. The highest BCUT2D eigenvalue weighted by atomic mass is 15.3. The van der Waals surface area contributed by atoms with Gasteiger partial charge in [0.05, 0.1) is 11.9 Å². The van der Waals surface area contributed by atoms with E-state index in [4.69, 9.17) is 5.73 Å². The Morgan fingerprint density at radius 1 is 1.38 bits per heavy atom. The van der Waals surface area contributed by atoms with Crippen molar-refractivity contribution in [1.29, 1.82) is 0 Å². The molecule has 72 valence electrons. The quantitative estimate of drug-likeness (QED) is 0.570. The summed E-state index contributed by atoms with van der Waals surface area (Å²) in [7, 11) is 0. The van der Waals surface area contributed by atoms with E-state index in [9.17, 15) is 0 Å². The summed E-state index contributed by atoms with van der Waals surface area (Å²) < 4.78 is 0. The fourth-order valence-electron chi connectivity index (χ4n) is 1.02. The van der Waals surface area contributed by atoms with Gasteiger partial charge in [-0.15, -0.1) is 10.2 Å². The number of hydrogen-bond acceptors (Lipinski definition) is 5. The van der Waals surface area contributed by atoms with Crippen LogP contribution in [0.3, 0.4) is 0 Å². The maximum atomic E-state index is 5.33. The van der Waals surface area contributed by atoms with Crippen LogP contribution in [-0.4, -0.2) is 35.0 Å². The summed E-state index contributed by atoms with van der Waals surface area (Å²) in [5, 5.41) is 14.3. The topological polar surface area (TPSA) is 76.7 Å². The number of rotatable bonds is 6. The van der Waals surface area contributed by atoms with Gasteiger partial charge in [-0.2, -0.15) is 0 Å². The largest absolute Gasteiger partial charge is 0.329 e. The van der Waals surface area contributed by atoms with Gasteiger partial charge in [-0.25, -0.2) is 0 Å². The number of aromatic nitrogens is 3. The van der Waals surface area contributed by atoms with Crippen molar-refractivity contribution in [2.24, 2.45) is 5.73 Å². The summed E-state index contributed by atoms with van der Waals surface area (Å²) in [5.41, 5.74) is 6.32. The molecule has 0 saturated heterocycles. The monoisotopic (exact) mass is 181 g/mol. The van der Waals surface area contributed by atoms with Crippen molar-refractivity contribution in [3.05, 3.63) is 18.0 Å². The molecule has 1 aromatic heterocycles. The maximum absolute atomic E-state index is 5.33. The molecule has 0 amide bonds. The van der Waals surface area contributed by atoms with Crippen molar-refractivity contribution >= 4 is 0 Å². The highest BCUT2D eigenvalue weighted by molar-refractivity contribution is 4.94. The second-order valence-electron chi connectivity index (χ2n) is 2.75. The molecule has 0 spiro atoms. The predicted molar refractivity (Wildman–Crippen MR) is 50.1 cm³/mol. The van der Waals surface area contributed by atoms with Crippen molar-refractivity contribution in [1.82, 2.24) is 20.7 Å². The normalized spacial score (nSPS) is 10.2. The molecule has 5 heteroatoms. The Morgan fingerprint density at radius 2 is 2.31 bits per heavy atom. The van der Waals surface area contributed by atoms with E-state index in [1.54, 1.807) is 6.20 Å². The van der Waals surface area contributed by atoms with Crippen LogP contribution < -0.4 is 11.1 Å².